The molecule has 0 saturated carbocycles. The molecule has 1 aromatic carbocycles. The van der Waals surface area contributed by atoms with Crippen molar-refractivity contribution in [3.05, 3.63) is 28.8 Å². The largest absolute Gasteiger partial charge is 0.379 e. The molecule has 6 nitrogen and oxygen atoms in total. The molecule has 0 bridgehead atoms. The number of carbonyl (C=O) groups excluding carboxylic acids is 1. The first kappa shape index (κ1) is 19.2. The third-order valence-electron chi connectivity index (χ3n) is 4.16. The number of nitrogens with zero attached hydrogens (tertiary/aromatic N) is 1. The maximum atomic E-state index is 12.4. The van der Waals surface area contributed by atoms with Gasteiger partial charge >= 0.3 is 0 Å². The predicted molar refractivity (Wildman–Crippen MR) is 93.4 cm³/mol. The first-order valence-corrected chi connectivity index (χ1v) is 9.99. The Labute approximate surface area is 148 Å². The van der Waals surface area contributed by atoms with Gasteiger partial charge < -0.3 is 10.1 Å². The molecule has 1 N–H and O–H groups in total. The van der Waals surface area contributed by atoms with Gasteiger partial charge in [-0.05, 0) is 32.0 Å². The van der Waals surface area contributed by atoms with E-state index in [4.69, 9.17) is 16.3 Å². The van der Waals surface area contributed by atoms with Crippen molar-refractivity contribution in [2.75, 3.05) is 39.1 Å². The predicted octanol–water partition coefficient (Wildman–Crippen LogP) is 1.58. The van der Waals surface area contributed by atoms with Crippen LogP contribution in [0.4, 0.5) is 0 Å². The molecule has 24 heavy (non-hydrogen) atoms. The summed E-state index contributed by atoms with van der Waals surface area (Å²) >= 11 is 6.06. The molecule has 1 saturated heterocycles. The Morgan fingerprint density at radius 2 is 1.96 bits per heavy atom. The van der Waals surface area contributed by atoms with E-state index in [1.165, 1.54) is 18.2 Å². The van der Waals surface area contributed by atoms with Gasteiger partial charge in [-0.1, -0.05) is 11.6 Å². The lowest BCUT2D eigenvalue weighted by atomic mass is 10.0. The minimum Gasteiger partial charge on any atom is -0.379 e. The molecule has 1 aliphatic heterocycles. The van der Waals surface area contributed by atoms with Crippen LogP contribution in [0.5, 0.6) is 0 Å². The third kappa shape index (κ3) is 4.69. The topological polar surface area (TPSA) is 75.7 Å². The van der Waals surface area contributed by atoms with Crippen LogP contribution in [-0.4, -0.2) is 63.9 Å². The van der Waals surface area contributed by atoms with E-state index in [-0.39, 0.29) is 26.9 Å². The van der Waals surface area contributed by atoms with E-state index in [9.17, 15) is 13.2 Å². The van der Waals surface area contributed by atoms with Crippen LogP contribution in [0.25, 0.3) is 0 Å². The Bertz CT molecular complexity index is 713. The summed E-state index contributed by atoms with van der Waals surface area (Å²) < 4.78 is 28.6. The molecule has 0 spiro atoms. The second kappa shape index (κ2) is 7.39. The standard InChI is InChI=1S/C16H23ClN2O4S/c1-16(2,19-6-8-23-9-7-19)11-18-15(20)13-10-12(24(3,21)22)4-5-14(13)17/h4-5,10H,6-9,11H2,1-3H3,(H,18,20). The van der Waals surface area contributed by atoms with E-state index in [0.717, 1.165) is 19.3 Å². The number of ether oxygens (including phenoxy) is 1. The van der Waals surface area contributed by atoms with Crippen molar-refractivity contribution in [3.8, 4) is 0 Å². The number of benzene rings is 1. The number of hydrogen-bond acceptors (Lipinski definition) is 5. The van der Waals surface area contributed by atoms with Gasteiger partial charge in [-0.25, -0.2) is 8.42 Å². The number of nitrogens with one attached hydrogen (secondary N) is 1. The maximum Gasteiger partial charge on any atom is 0.252 e. The van der Waals surface area contributed by atoms with Crippen LogP contribution in [0.1, 0.15) is 24.2 Å². The number of rotatable bonds is 5. The Morgan fingerprint density at radius 1 is 1.33 bits per heavy atom. The minimum atomic E-state index is -3.40. The molecule has 134 valence electrons. The first-order chi connectivity index (χ1) is 11.1. The normalized spacial score (nSPS) is 16.8. The van der Waals surface area contributed by atoms with Crippen molar-refractivity contribution in [1.82, 2.24) is 10.2 Å². The SMILES string of the molecule is CC(C)(CNC(=O)c1cc(S(C)(=O)=O)ccc1Cl)N1CCOCC1. The van der Waals surface area contributed by atoms with E-state index in [1.807, 2.05) is 13.8 Å². The van der Waals surface area contributed by atoms with E-state index < -0.39 is 9.84 Å². The molecule has 2 rings (SSSR count). The molecule has 0 aliphatic carbocycles. The van der Waals surface area contributed by atoms with Gasteiger partial charge in [-0.15, -0.1) is 0 Å². The fraction of sp³-hybridized carbons (Fsp3) is 0.562. The summed E-state index contributed by atoms with van der Waals surface area (Å²) in [7, 11) is -3.40. The fourth-order valence-electron chi connectivity index (χ4n) is 2.58. The highest BCUT2D eigenvalue weighted by Crippen LogP contribution is 2.21. The molecule has 1 aromatic rings. The number of sulfone groups is 1. The molecule has 0 atom stereocenters. The molecule has 0 aromatic heterocycles. The second-order valence-electron chi connectivity index (χ2n) is 6.51. The number of carbonyl (C=O) groups is 1. The molecule has 0 unspecified atom stereocenters. The van der Waals surface area contributed by atoms with Crippen LogP contribution in [0.3, 0.4) is 0 Å². The summed E-state index contributed by atoms with van der Waals surface area (Å²) in [5.74, 6) is -0.383. The number of halogens is 1. The maximum absolute atomic E-state index is 12.4. The minimum absolute atomic E-state index is 0.0736. The second-order valence-corrected chi connectivity index (χ2v) is 8.93. The zero-order chi connectivity index (χ0) is 18.0. The van der Waals surface area contributed by atoms with Gasteiger partial charge in [0.1, 0.15) is 0 Å². The average molecular weight is 375 g/mol. The number of morpholine rings is 1. The molecule has 1 fully saturated rings. The van der Waals surface area contributed by atoms with Gasteiger partial charge in [-0.3, -0.25) is 9.69 Å². The average Bonchev–Trinajstić information content (AvgIpc) is 2.53. The van der Waals surface area contributed by atoms with E-state index in [2.05, 4.69) is 10.2 Å². The smallest absolute Gasteiger partial charge is 0.252 e. The Balaban J connectivity index is 2.09. The molecule has 1 amide bonds. The molecule has 1 heterocycles. The summed E-state index contributed by atoms with van der Waals surface area (Å²) in [6.45, 7) is 7.51. The van der Waals surface area contributed by atoms with Gasteiger partial charge in [0.2, 0.25) is 0 Å². The van der Waals surface area contributed by atoms with Crippen molar-refractivity contribution >= 4 is 27.3 Å². The van der Waals surface area contributed by atoms with Crippen molar-refractivity contribution in [1.29, 1.82) is 0 Å². The van der Waals surface area contributed by atoms with E-state index in [0.29, 0.717) is 19.8 Å². The molecular formula is C16H23ClN2O4S. The lowest BCUT2D eigenvalue weighted by Gasteiger charge is -2.40. The van der Waals surface area contributed by atoms with Crippen LogP contribution in [-0.2, 0) is 14.6 Å². The third-order valence-corrected chi connectivity index (χ3v) is 5.60. The van der Waals surface area contributed by atoms with E-state index >= 15 is 0 Å². The summed E-state index contributed by atoms with van der Waals surface area (Å²) in [6.07, 6.45) is 1.10. The van der Waals surface area contributed by atoms with E-state index in [1.54, 1.807) is 0 Å². The number of amides is 1. The highest BCUT2D eigenvalue weighted by Gasteiger charge is 2.29. The van der Waals surface area contributed by atoms with Crippen molar-refractivity contribution < 1.29 is 17.9 Å². The van der Waals surface area contributed by atoms with Gasteiger partial charge in [-0.2, -0.15) is 0 Å². The van der Waals surface area contributed by atoms with Crippen molar-refractivity contribution in [2.45, 2.75) is 24.3 Å². The van der Waals surface area contributed by atoms with Crippen LogP contribution < -0.4 is 5.32 Å². The Hall–Kier alpha value is -1.15. The molecular weight excluding hydrogens is 352 g/mol. The fourth-order valence-corrected chi connectivity index (χ4v) is 3.43. The summed E-state index contributed by atoms with van der Waals surface area (Å²) in [4.78, 5) is 14.8. The monoisotopic (exact) mass is 374 g/mol. The molecule has 0 radical (unpaired) electrons. The van der Waals surface area contributed by atoms with Crippen LogP contribution in [0.15, 0.2) is 23.1 Å². The Morgan fingerprint density at radius 3 is 2.54 bits per heavy atom. The van der Waals surface area contributed by atoms with Crippen LogP contribution in [0.2, 0.25) is 5.02 Å². The number of hydrogen-bond donors (Lipinski definition) is 1. The molecule has 1 aliphatic rings. The van der Waals surface area contributed by atoms with Crippen LogP contribution in [0, 0.1) is 0 Å². The van der Waals surface area contributed by atoms with Gasteiger partial charge in [0.25, 0.3) is 5.91 Å². The molecule has 8 heteroatoms. The summed E-state index contributed by atoms with van der Waals surface area (Å²) in [6, 6.07) is 4.14. The van der Waals surface area contributed by atoms with Gasteiger partial charge in [0.05, 0.1) is 28.7 Å². The summed E-state index contributed by atoms with van der Waals surface area (Å²) in [5, 5.41) is 3.08. The highest BCUT2D eigenvalue weighted by atomic mass is 35.5. The lowest BCUT2D eigenvalue weighted by Crippen LogP contribution is -2.55. The van der Waals surface area contributed by atoms with Crippen molar-refractivity contribution in [2.24, 2.45) is 0 Å². The lowest BCUT2D eigenvalue weighted by molar-refractivity contribution is -0.00923. The quantitative estimate of drug-likeness (QED) is 0.846. The zero-order valence-corrected chi connectivity index (χ0v) is 15.7. The Kier molecular flexibility index (Phi) is 5.91. The van der Waals surface area contributed by atoms with Gasteiger partial charge in [0.15, 0.2) is 9.84 Å². The van der Waals surface area contributed by atoms with Crippen LogP contribution >= 0.6 is 11.6 Å². The zero-order valence-electron chi connectivity index (χ0n) is 14.1. The summed E-state index contributed by atoms with van der Waals surface area (Å²) in [5.41, 5.74) is -0.0715. The van der Waals surface area contributed by atoms with Crippen molar-refractivity contribution in [3.63, 3.8) is 0 Å². The first-order valence-electron chi connectivity index (χ1n) is 7.72. The van der Waals surface area contributed by atoms with Gasteiger partial charge in [0, 0.05) is 31.4 Å². The highest BCUT2D eigenvalue weighted by molar-refractivity contribution is 7.90.